The van der Waals surface area contributed by atoms with Crippen LogP contribution in [0.3, 0.4) is 0 Å². The highest BCUT2D eigenvalue weighted by Crippen LogP contribution is 2.32. The van der Waals surface area contributed by atoms with Crippen LogP contribution in [0.4, 0.5) is 17.1 Å². The van der Waals surface area contributed by atoms with Gasteiger partial charge in [-0.25, -0.2) is 4.98 Å². The SMILES string of the molecule is O=C(NC(=S)Nc1cccc(-c2nc3ccccc3s2)c1)c1ccc(N2CCCC2)c([N+](=O)[O-])c1. The lowest BCUT2D eigenvalue weighted by atomic mass is 10.1. The fourth-order valence-corrected chi connectivity index (χ4v) is 5.27. The molecule has 0 bridgehead atoms. The molecule has 0 atom stereocenters. The van der Waals surface area contributed by atoms with Crippen LogP contribution < -0.4 is 15.5 Å². The molecule has 1 aromatic heterocycles. The molecule has 0 aliphatic carbocycles. The summed E-state index contributed by atoms with van der Waals surface area (Å²) in [6.07, 6.45) is 2.00. The summed E-state index contributed by atoms with van der Waals surface area (Å²) in [4.78, 5) is 30.6. The molecule has 10 heteroatoms. The van der Waals surface area contributed by atoms with E-state index < -0.39 is 10.8 Å². The van der Waals surface area contributed by atoms with Gasteiger partial charge in [-0.2, -0.15) is 0 Å². The number of para-hydroxylation sites is 1. The van der Waals surface area contributed by atoms with Gasteiger partial charge < -0.3 is 10.2 Å². The molecule has 1 amide bonds. The number of benzene rings is 3. The second-order valence-corrected chi connectivity index (χ2v) is 9.57. The fourth-order valence-electron chi connectivity index (χ4n) is 4.10. The largest absolute Gasteiger partial charge is 0.366 e. The molecule has 1 aliphatic heterocycles. The standard InChI is InChI=1S/C25H21N5O3S2/c31-23(16-10-11-20(21(15-16)30(32)33)29-12-3-4-13-29)28-25(34)26-18-7-5-6-17(14-18)24-27-19-8-1-2-9-22(19)35-24/h1-2,5-11,14-15H,3-4,12-13H2,(H2,26,28,31,34). The number of nitrogens with one attached hydrogen (secondary N) is 2. The van der Waals surface area contributed by atoms with Gasteiger partial charge >= 0.3 is 0 Å². The summed E-state index contributed by atoms with van der Waals surface area (Å²) >= 11 is 6.92. The Morgan fingerprint density at radius 1 is 1.06 bits per heavy atom. The number of thiazole rings is 1. The van der Waals surface area contributed by atoms with Crippen molar-refractivity contribution in [3.63, 3.8) is 0 Å². The number of carbonyl (C=O) groups is 1. The Morgan fingerprint density at radius 3 is 2.63 bits per heavy atom. The lowest BCUT2D eigenvalue weighted by Crippen LogP contribution is -2.34. The van der Waals surface area contributed by atoms with E-state index in [4.69, 9.17) is 12.2 Å². The first-order valence-corrected chi connectivity index (χ1v) is 12.3. The van der Waals surface area contributed by atoms with Crippen molar-refractivity contribution in [2.24, 2.45) is 0 Å². The van der Waals surface area contributed by atoms with Crippen molar-refractivity contribution >= 4 is 61.9 Å². The number of amides is 1. The van der Waals surface area contributed by atoms with Crippen molar-refractivity contribution in [1.82, 2.24) is 10.3 Å². The van der Waals surface area contributed by atoms with Crippen molar-refractivity contribution < 1.29 is 9.72 Å². The maximum absolute atomic E-state index is 12.8. The third-order valence-electron chi connectivity index (χ3n) is 5.77. The van der Waals surface area contributed by atoms with Gasteiger partial charge in [0, 0.05) is 36.0 Å². The molecule has 2 N–H and O–H groups in total. The maximum atomic E-state index is 12.8. The van der Waals surface area contributed by atoms with E-state index >= 15 is 0 Å². The normalized spacial score (nSPS) is 13.1. The van der Waals surface area contributed by atoms with Gasteiger partial charge in [0.05, 0.1) is 15.1 Å². The van der Waals surface area contributed by atoms with Gasteiger partial charge in [0.15, 0.2) is 5.11 Å². The predicted molar refractivity (Wildman–Crippen MR) is 143 cm³/mol. The van der Waals surface area contributed by atoms with Crippen LogP contribution in [0.5, 0.6) is 0 Å². The minimum absolute atomic E-state index is 0.0815. The number of nitro groups is 1. The highest BCUT2D eigenvalue weighted by atomic mass is 32.1. The molecular formula is C25H21N5O3S2. The topological polar surface area (TPSA) is 100 Å². The van der Waals surface area contributed by atoms with E-state index in [1.165, 1.54) is 6.07 Å². The number of nitrogens with zero attached hydrogens (tertiary/aromatic N) is 3. The lowest BCUT2D eigenvalue weighted by Gasteiger charge is -2.18. The number of thiocarbonyl (C=S) groups is 1. The molecule has 1 saturated heterocycles. The van der Waals surface area contributed by atoms with Crippen LogP contribution in [0.2, 0.25) is 0 Å². The quantitative estimate of drug-likeness (QED) is 0.208. The van der Waals surface area contributed by atoms with Gasteiger partial charge in [-0.05, 0) is 61.5 Å². The van der Waals surface area contributed by atoms with Crippen LogP contribution >= 0.6 is 23.6 Å². The number of anilines is 2. The second-order valence-electron chi connectivity index (χ2n) is 8.13. The van der Waals surface area contributed by atoms with Crippen LogP contribution in [0.25, 0.3) is 20.8 Å². The first kappa shape index (κ1) is 22.9. The van der Waals surface area contributed by atoms with Crippen molar-refractivity contribution in [3.8, 4) is 10.6 Å². The Kier molecular flexibility index (Phi) is 6.39. The van der Waals surface area contributed by atoms with Gasteiger partial charge in [-0.15, -0.1) is 11.3 Å². The lowest BCUT2D eigenvalue weighted by molar-refractivity contribution is -0.384. The molecule has 176 valence electrons. The van der Waals surface area contributed by atoms with Gasteiger partial charge in [0.25, 0.3) is 11.6 Å². The van der Waals surface area contributed by atoms with Crippen molar-refractivity contribution in [1.29, 1.82) is 0 Å². The van der Waals surface area contributed by atoms with Crippen LogP contribution in [0.15, 0.2) is 66.7 Å². The Morgan fingerprint density at radius 2 is 1.86 bits per heavy atom. The molecule has 8 nitrogen and oxygen atoms in total. The summed E-state index contributed by atoms with van der Waals surface area (Å²) < 4.78 is 1.11. The monoisotopic (exact) mass is 503 g/mol. The molecule has 3 aromatic carbocycles. The summed E-state index contributed by atoms with van der Waals surface area (Å²) in [5.74, 6) is -0.513. The first-order valence-electron chi connectivity index (χ1n) is 11.1. The smallest absolute Gasteiger partial charge is 0.293 e. The van der Waals surface area contributed by atoms with E-state index in [1.54, 1.807) is 23.5 Å². The molecule has 0 saturated carbocycles. The average Bonchev–Trinajstić information content (AvgIpc) is 3.54. The van der Waals surface area contributed by atoms with E-state index in [1.807, 2.05) is 53.4 Å². The van der Waals surface area contributed by atoms with Gasteiger partial charge in [0.2, 0.25) is 0 Å². The van der Waals surface area contributed by atoms with Crippen molar-refractivity contribution in [3.05, 3.63) is 82.4 Å². The maximum Gasteiger partial charge on any atom is 0.293 e. The summed E-state index contributed by atoms with van der Waals surface area (Å²) in [5.41, 5.74) is 3.20. The summed E-state index contributed by atoms with van der Waals surface area (Å²) in [7, 11) is 0. The third-order valence-corrected chi connectivity index (χ3v) is 7.06. The van der Waals surface area contributed by atoms with Gasteiger partial charge in [-0.3, -0.25) is 20.2 Å². The van der Waals surface area contributed by atoms with E-state index in [0.29, 0.717) is 11.4 Å². The number of carbonyl (C=O) groups excluding carboxylic acids is 1. The van der Waals surface area contributed by atoms with E-state index in [2.05, 4.69) is 15.6 Å². The first-order chi connectivity index (χ1) is 17.0. The van der Waals surface area contributed by atoms with E-state index in [-0.39, 0.29) is 16.4 Å². The molecule has 4 aromatic rings. The number of hydrogen-bond acceptors (Lipinski definition) is 7. The Bertz CT molecular complexity index is 1410. The number of aromatic nitrogens is 1. The second kappa shape index (κ2) is 9.77. The highest BCUT2D eigenvalue weighted by Gasteiger charge is 2.24. The molecule has 35 heavy (non-hydrogen) atoms. The zero-order valence-electron chi connectivity index (χ0n) is 18.6. The Labute approximate surface area is 210 Å². The Hall–Kier alpha value is -3.89. The molecule has 5 rings (SSSR count). The van der Waals surface area contributed by atoms with Gasteiger partial charge in [0.1, 0.15) is 10.7 Å². The van der Waals surface area contributed by atoms with Crippen molar-refractivity contribution in [2.45, 2.75) is 12.8 Å². The molecule has 0 spiro atoms. The molecule has 2 heterocycles. The van der Waals surface area contributed by atoms with Crippen LogP contribution in [0.1, 0.15) is 23.2 Å². The minimum Gasteiger partial charge on any atom is -0.366 e. The summed E-state index contributed by atoms with van der Waals surface area (Å²) in [6, 6.07) is 20.1. The van der Waals surface area contributed by atoms with Gasteiger partial charge in [-0.1, -0.05) is 24.3 Å². The third kappa shape index (κ3) is 4.98. The average molecular weight is 504 g/mol. The fraction of sp³-hybridized carbons (Fsp3) is 0.160. The zero-order chi connectivity index (χ0) is 24.4. The number of fused-ring (bicyclic) bond motifs is 1. The van der Waals surface area contributed by atoms with E-state index in [0.717, 1.165) is 46.7 Å². The minimum atomic E-state index is -0.513. The number of rotatable bonds is 5. The van der Waals surface area contributed by atoms with Crippen LogP contribution in [-0.2, 0) is 0 Å². The molecule has 0 radical (unpaired) electrons. The number of nitro benzene ring substituents is 1. The summed E-state index contributed by atoms with van der Waals surface area (Å²) in [5, 5.41) is 18.2. The van der Waals surface area contributed by atoms with Crippen LogP contribution in [-0.4, -0.2) is 34.0 Å². The zero-order valence-corrected chi connectivity index (χ0v) is 20.2. The van der Waals surface area contributed by atoms with E-state index in [9.17, 15) is 14.9 Å². The molecular weight excluding hydrogens is 482 g/mol. The van der Waals surface area contributed by atoms with Crippen LogP contribution in [0, 0.1) is 10.1 Å². The summed E-state index contributed by atoms with van der Waals surface area (Å²) in [6.45, 7) is 1.55. The highest BCUT2D eigenvalue weighted by molar-refractivity contribution is 7.80. The molecule has 1 fully saturated rings. The molecule has 1 aliphatic rings. The molecule has 0 unspecified atom stereocenters. The van der Waals surface area contributed by atoms with Crippen molar-refractivity contribution in [2.75, 3.05) is 23.3 Å². The predicted octanol–water partition coefficient (Wildman–Crippen LogP) is 5.60. The number of hydrogen-bond donors (Lipinski definition) is 2. The Balaban J connectivity index is 1.29.